The highest BCUT2D eigenvalue weighted by Crippen LogP contribution is 2.44. The van der Waals surface area contributed by atoms with E-state index >= 15 is 0 Å². The van der Waals surface area contributed by atoms with Crippen LogP contribution in [0.3, 0.4) is 0 Å². The van der Waals surface area contributed by atoms with Crippen LogP contribution in [0, 0.1) is 20.8 Å². The van der Waals surface area contributed by atoms with E-state index in [1.165, 1.54) is 0 Å². The number of urea groups is 1. The average Bonchev–Trinajstić information content (AvgIpc) is 3.26. The first-order valence-electron chi connectivity index (χ1n) is 13.1. The molecule has 0 aliphatic carbocycles. The monoisotopic (exact) mass is 492 g/mol. The second-order valence-electron chi connectivity index (χ2n) is 11.5. The first kappa shape index (κ1) is 26.2. The number of piperidine rings is 1. The summed E-state index contributed by atoms with van der Waals surface area (Å²) < 4.78 is 6.16. The number of hydrogen-bond donors (Lipinski definition) is 1. The summed E-state index contributed by atoms with van der Waals surface area (Å²) in [5.41, 5.74) is 7.19. The van der Waals surface area contributed by atoms with Crippen LogP contribution < -0.4 is 0 Å². The Bertz CT molecular complexity index is 1160. The van der Waals surface area contributed by atoms with Crippen molar-refractivity contribution in [3.8, 4) is 11.1 Å². The molecule has 6 heteroatoms. The number of aryl methyl sites for hydroxylation is 1. The molecule has 1 fully saturated rings. The van der Waals surface area contributed by atoms with Gasteiger partial charge < -0.3 is 19.6 Å². The van der Waals surface area contributed by atoms with Crippen molar-refractivity contribution < 1.29 is 19.4 Å². The molecule has 4 rings (SSSR count). The molecule has 2 aliphatic heterocycles. The van der Waals surface area contributed by atoms with Gasteiger partial charge in [-0.3, -0.25) is 0 Å². The molecule has 36 heavy (non-hydrogen) atoms. The molecular weight excluding hydrogens is 452 g/mol. The minimum atomic E-state index is -1.11. The summed E-state index contributed by atoms with van der Waals surface area (Å²) in [6.07, 6.45) is 2.13. The number of ether oxygens (including phenoxy) is 1. The van der Waals surface area contributed by atoms with E-state index in [0.29, 0.717) is 18.7 Å². The van der Waals surface area contributed by atoms with E-state index in [2.05, 4.69) is 38.1 Å². The Morgan fingerprint density at radius 1 is 1.00 bits per heavy atom. The zero-order chi connectivity index (χ0) is 26.4. The van der Waals surface area contributed by atoms with Crippen LogP contribution in [-0.4, -0.2) is 45.1 Å². The van der Waals surface area contributed by atoms with Gasteiger partial charge in [0, 0.05) is 31.2 Å². The summed E-state index contributed by atoms with van der Waals surface area (Å²) in [6, 6.07) is 8.53. The van der Waals surface area contributed by atoms with Crippen molar-refractivity contribution >= 4 is 12.0 Å². The van der Waals surface area contributed by atoms with Crippen LogP contribution in [0.25, 0.3) is 11.1 Å². The van der Waals surface area contributed by atoms with Crippen LogP contribution in [0.2, 0.25) is 0 Å². The quantitative estimate of drug-likeness (QED) is 0.527. The number of hydrogen-bond acceptors (Lipinski definition) is 3. The Morgan fingerprint density at radius 3 is 2.17 bits per heavy atom. The molecule has 0 bridgehead atoms. The lowest BCUT2D eigenvalue weighted by molar-refractivity contribution is -0.160. The van der Waals surface area contributed by atoms with Gasteiger partial charge in [0.25, 0.3) is 0 Å². The van der Waals surface area contributed by atoms with Gasteiger partial charge >= 0.3 is 12.0 Å². The van der Waals surface area contributed by atoms with E-state index in [4.69, 9.17) is 4.74 Å². The summed E-state index contributed by atoms with van der Waals surface area (Å²) in [5.74, 6) is -1.01. The molecule has 2 aliphatic rings. The third kappa shape index (κ3) is 5.01. The summed E-state index contributed by atoms with van der Waals surface area (Å²) in [4.78, 5) is 30.1. The normalized spacial score (nSPS) is 18.8. The number of amides is 2. The van der Waals surface area contributed by atoms with Gasteiger partial charge in [-0.05, 0) is 101 Å². The summed E-state index contributed by atoms with van der Waals surface area (Å²) in [5, 5.41) is 10.3. The van der Waals surface area contributed by atoms with Crippen LogP contribution in [0.1, 0.15) is 86.4 Å². The van der Waals surface area contributed by atoms with Gasteiger partial charge in [0.05, 0.1) is 5.60 Å². The molecule has 0 spiro atoms. The summed E-state index contributed by atoms with van der Waals surface area (Å²) in [7, 11) is 0. The fourth-order valence-electron chi connectivity index (χ4n) is 5.73. The number of likely N-dealkylation sites (tertiary alicyclic amines) is 1. The zero-order valence-corrected chi connectivity index (χ0v) is 22.8. The highest BCUT2D eigenvalue weighted by Gasteiger charge is 2.38. The van der Waals surface area contributed by atoms with Crippen molar-refractivity contribution in [1.29, 1.82) is 0 Å². The Hall–Kier alpha value is -2.86. The molecule has 0 aromatic heterocycles. The van der Waals surface area contributed by atoms with Crippen LogP contribution in [0.15, 0.2) is 24.3 Å². The lowest BCUT2D eigenvalue weighted by atomic mass is 9.83. The molecule has 1 saturated heterocycles. The molecule has 1 unspecified atom stereocenters. The number of nitrogens with zero attached hydrogens (tertiary/aromatic N) is 2. The predicted octanol–water partition coefficient (Wildman–Crippen LogP) is 6.53. The highest BCUT2D eigenvalue weighted by molar-refractivity contribution is 5.85. The number of benzene rings is 2. The zero-order valence-electron chi connectivity index (χ0n) is 22.8. The van der Waals surface area contributed by atoms with E-state index in [1.54, 1.807) is 0 Å². The Morgan fingerprint density at radius 2 is 1.61 bits per heavy atom. The van der Waals surface area contributed by atoms with Crippen LogP contribution in [-0.2, 0) is 22.6 Å². The maximum atomic E-state index is 13.5. The van der Waals surface area contributed by atoms with Gasteiger partial charge in [0.2, 0.25) is 0 Å². The number of carboxylic acids is 1. The van der Waals surface area contributed by atoms with Crippen molar-refractivity contribution in [2.75, 3.05) is 6.54 Å². The van der Waals surface area contributed by atoms with Crippen molar-refractivity contribution in [3.05, 3.63) is 57.6 Å². The molecule has 2 atom stereocenters. The Kier molecular flexibility index (Phi) is 7.20. The molecule has 0 saturated carbocycles. The molecular formula is C30H40N2O4. The second kappa shape index (κ2) is 9.89. The number of carboxylic acid groups (broad SMARTS) is 1. The molecule has 2 heterocycles. The van der Waals surface area contributed by atoms with Crippen molar-refractivity contribution in [1.82, 2.24) is 9.80 Å². The smallest absolute Gasteiger partial charge is 0.337 e. The highest BCUT2D eigenvalue weighted by atomic mass is 16.5. The van der Waals surface area contributed by atoms with Crippen molar-refractivity contribution in [2.24, 2.45) is 0 Å². The van der Waals surface area contributed by atoms with Crippen LogP contribution >= 0.6 is 0 Å². The van der Waals surface area contributed by atoms with Gasteiger partial charge in [-0.1, -0.05) is 29.8 Å². The molecule has 194 valence electrons. The first-order valence-corrected chi connectivity index (χ1v) is 13.1. The molecule has 6 nitrogen and oxygen atoms in total. The molecule has 2 amide bonds. The fraction of sp³-hybridized carbons (Fsp3) is 0.533. The van der Waals surface area contributed by atoms with Crippen molar-refractivity contribution in [2.45, 2.75) is 98.6 Å². The second-order valence-corrected chi connectivity index (χ2v) is 11.5. The molecule has 1 N–H and O–H groups in total. The topological polar surface area (TPSA) is 70.1 Å². The van der Waals surface area contributed by atoms with Gasteiger partial charge in [-0.2, -0.15) is 0 Å². The van der Waals surface area contributed by atoms with Gasteiger partial charge in [0.1, 0.15) is 0 Å². The molecule has 0 radical (unpaired) electrons. The third-order valence-electron chi connectivity index (χ3n) is 7.63. The SMILES string of the molecule is Cc1ccc(-c2c(C)c3c(c(C)c2C(OC(C)(C)C)C(=O)O)CN(C(=O)N2CCCC[C@@H]2C)C3)cc1. The van der Waals surface area contributed by atoms with Crippen LogP contribution in [0.5, 0.6) is 0 Å². The average molecular weight is 493 g/mol. The van der Waals surface area contributed by atoms with E-state index in [0.717, 1.165) is 64.8 Å². The standard InChI is InChI=1S/C30H40N2O4/c1-18-11-13-22(14-12-18)25-20(3)23-16-31(29(35)32-15-9-8-10-19(32)2)17-24(23)21(4)26(25)27(28(33)34)36-30(5,6)7/h11-14,19,27H,8-10,15-17H2,1-7H3,(H,33,34)/t19-,27?/m0/s1. The minimum absolute atomic E-state index is 0.0800. The number of carbonyl (C=O) groups excluding carboxylic acids is 1. The minimum Gasteiger partial charge on any atom is -0.479 e. The lowest BCUT2D eigenvalue weighted by Gasteiger charge is -2.36. The number of carbonyl (C=O) groups is 2. The number of fused-ring (bicyclic) bond motifs is 1. The van der Waals surface area contributed by atoms with E-state index < -0.39 is 17.7 Å². The predicted molar refractivity (Wildman–Crippen MR) is 142 cm³/mol. The number of aliphatic carboxylic acids is 1. The molecule has 2 aromatic rings. The van der Waals surface area contributed by atoms with E-state index in [1.807, 2.05) is 44.4 Å². The van der Waals surface area contributed by atoms with Crippen LogP contribution in [0.4, 0.5) is 4.79 Å². The Labute approximate surface area is 215 Å². The van der Waals surface area contributed by atoms with E-state index in [9.17, 15) is 14.7 Å². The fourth-order valence-corrected chi connectivity index (χ4v) is 5.73. The lowest BCUT2D eigenvalue weighted by Crippen LogP contribution is -2.47. The summed E-state index contributed by atoms with van der Waals surface area (Å²) >= 11 is 0. The van der Waals surface area contributed by atoms with Crippen molar-refractivity contribution in [3.63, 3.8) is 0 Å². The number of rotatable bonds is 4. The van der Waals surface area contributed by atoms with Gasteiger partial charge in [0.15, 0.2) is 6.10 Å². The van der Waals surface area contributed by atoms with Gasteiger partial charge in [-0.15, -0.1) is 0 Å². The maximum absolute atomic E-state index is 13.5. The molecule has 2 aromatic carbocycles. The van der Waals surface area contributed by atoms with Gasteiger partial charge in [-0.25, -0.2) is 9.59 Å². The third-order valence-corrected chi connectivity index (χ3v) is 7.63. The summed E-state index contributed by atoms with van der Waals surface area (Å²) in [6.45, 7) is 15.7. The first-order chi connectivity index (χ1) is 16.9. The maximum Gasteiger partial charge on any atom is 0.337 e. The van der Waals surface area contributed by atoms with E-state index in [-0.39, 0.29) is 12.1 Å². The largest absolute Gasteiger partial charge is 0.479 e. The Balaban J connectivity index is 1.85.